The number of nitrogens with zero attached hydrogens (tertiary/aromatic N) is 1. The van der Waals surface area contributed by atoms with E-state index in [0.29, 0.717) is 17.6 Å². The maximum Gasteiger partial charge on any atom is 0.360 e. The summed E-state index contributed by atoms with van der Waals surface area (Å²) < 4.78 is 4.98. The van der Waals surface area contributed by atoms with E-state index in [2.05, 4.69) is 10.3 Å². The maximum absolute atomic E-state index is 11.7. The summed E-state index contributed by atoms with van der Waals surface area (Å²) in [5.41, 5.74) is 2.10. The number of hydrogen-bond acceptors (Lipinski definition) is 6. The fourth-order valence-electron chi connectivity index (χ4n) is 1.89. The maximum atomic E-state index is 11.7. The lowest BCUT2D eigenvalue weighted by atomic mass is 10.2. The molecule has 1 atom stereocenters. The van der Waals surface area contributed by atoms with Crippen LogP contribution in [0.3, 0.4) is 0 Å². The molecule has 1 aromatic heterocycles. The first-order valence-electron chi connectivity index (χ1n) is 6.27. The average Bonchev–Trinajstić information content (AvgIpc) is 2.86. The number of ether oxygens (including phenoxy) is 1. The van der Waals surface area contributed by atoms with E-state index in [9.17, 15) is 4.79 Å². The van der Waals surface area contributed by atoms with Crippen LogP contribution in [0.4, 0.5) is 5.00 Å². The molecule has 1 fully saturated rings. The summed E-state index contributed by atoms with van der Waals surface area (Å²) in [5.74, 6) is 0.914. The molecule has 0 aliphatic carbocycles. The van der Waals surface area contributed by atoms with Crippen molar-refractivity contribution in [2.45, 2.75) is 31.4 Å². The highest BCUT2D eigenvalue weighted by Gasteiger charge is 2.18. The molecule has 18 heavy (non-hydrogen) atoms. The lowest BCUT2D eigenvalue weighted by molar-refractivity contribution is 0.0521. The standard InChI is InChI=1S/C12H18N2O2S2/c1-2-16-12(15)10-11(18-8-14-10)13-7-9-5-3-4-6-17-9/h8-9,13H,2-7H2,1H3. The Morgan fingerprint density at radius 2 is 2.50 bits per heavy atom. The molecular weight excluding hydrogens is 268 g/mol. The molecule has 1 aliphatic heterocycles. The van der Waals surface area contributed by atoms with Crippen LogP contribution in [0, 0.1) is 0 Å². The van der Waals surface area contributed by atoms with Crippen LogP contribution in [0.1, 0.15) is 36.7 Å². The Balaban J connectivity index is 1.88. The van der Waals surface area contributed by atoms with Crippen molar-refractivity contribution in [3.8, 4) is 0 Å². The van der Waals surface area contributed by atoms with Crippen molar-refractivity contribution in [3.05, 3.63) is 11.2 Å². The lowest BCUT2D eigenvalue weighted by Gasteiger charge is -2.21. The molecule has 0 radical (unpaired) electrons. The van der Waals surface area contributed by atoms with Gasteiger partial charge in [0.05, 0.1) is 12.1 Å². The minimum atomic E-state index is -0.336. The summed E-state index contributed by atoms with van der Waals surface area (Å²) in [5, 5.41) is 4.82. The Kier molecular flexibility index (Phi) is 5.31. The van der Waals surface area contributed by atoms with Crippen LogP contribution < -0.4 is 5.32 Å². The van der Waals surface area contributed by atoms with Crippen molar-refractivity contribution in [1.82, 2.24) is 4.98 Å². The summed E-state index contributed by atoms with van der Waals surface area (Å²) >= 11 is 3.48. The number of thioether (sulfide) groups is 1. The van der Waals surface area contributed by atoms with E-state index in [-0.39, 0.29) is 5.97 Å². The highest BCUT2D eigenvalue weighted by atomic mass is 32.2. The van der Waals surface area contributed by atoms with Gasteiger partial charge in [-0.15, -0.1) is 11.3 Å². The van der Waals surface area contributed by atoms with Crippen molar-refractivity contribution in [3.63, 3.8) is 0 Å². The third kappa shape index (κ3) is 3.62. The van der Waals surface area contributed by atoms with Gasteiger partial charge in [-0.3, -0.25) is 0 Å². The van der Waals surface area contributed by atoms with Gasteiger partial charge in [-0.1, -0.05) is 6.42 Å². The van der Waals surface area contributed by atoms with Gasteiger partial charge in [-0.2, -0.15) is 11.8 Å². The van der Waals surface area contributed by atoms with Gasteiger partial charge in [0.2, 0.25) is 0 Å². The molecule has 2 rings (SSSR count). The zero-order valence-corrected chi connectivity index (χ0v) is 12.1. The number of thiazole rings is 1. The normalized spacial score (nSPS) is 19.5. The second kappa shape index (κ2) is 6.99. The first-order valence-corrected chi connectivity index (χ1v) is 8.20. The Morgan fingerprint density at radius 3 is 3.22 bits per heavy atom. The SMILES string of the molecule is CCOC(=O)c1ncsc1NCC1CCCCS1. The van der Waals surface area contributed by atoms with E-state index in [4.69, 9.17) is 4.74 Å². The van der Waals surface area contributed by atoms with Crippen LogP contribution in [-0.2, 0) is 4.74 Å². The molecule has 1 aliphatic rings. The second-order valence-electron chi connectivity index (χ2n) is 4.12. The number of esters is 1. The summed E-state index contributed by atoms with van der Waals surface area (Å²) in [6, 6.07) is 0. The highest BCUT2D eigenvalue weighted by Crippen LogP contribution is 2.27. The van der Waals surface area contributed by atoms with Crippen molar-refractivity contribution in [2.75, 3.05) is 24.2 Å². The topological polar surface area (TPSA) is 51.2 Å². The van der Waals surface area contributed by atoms with Gasteiger partial charge < -0.3 is 10.1 Å². The summed E-state index contributed by atoms with van der Waals surface area (Å²) in [6.45, 7) is 3.09. The molecule has 1 saturated heterocycles. The van der Waals surface area contributed by atoms with E-state index < -0.39 is 0 Å². The highest BCUT2D eigenvalue weighted by molar-refractivity contribution is 7.99. The van der Waals surface area contributed by atoms with E-state index in [1.807, 2.05) is 11.8 Å². The molecule has 1 unspecified atom stereocenters. The zero-order valence-electron chi connectivity index (χ0n) is 10.5. The fourth-order valence-corrected chi connectivity index (χ4v) is 3.81. The molecule has 100 valence electrons. The fraction of sp³-hybridized carbons (Fsp3) is 0.667. The van der Waals surface area contributed by atoms with Crippen molar-refractivity contribution >= 4 is 34.1 Å². The van der Waals surface area contributed by atoms with Gasteiger partial charge in [-0.25, -0.2) is 9.78 Å². The van der Waals surface area contributed by atoms with Crippen LogP contribution in [0.15, 0.2) is 5.51 Å². The van der Waals surface area contributed by atoms with Gasteiger partial charge in [-0.05, 0) is 25.5 Å². The van der Waals surface area contributed by atoms with Gasteiger partial charge in [0.15, 0.2) is 5.69 Å². The largest absolute Gasteiger partial charge is 0.461 e. The molecule has 0 amide bonds. The van der Waals surface area contributed by atoms with Crippen LogP contribution in [0.25, 0.3) is 0 Å². The Morgan fingerprint density at radius 1 is 1.61 bits per heavy atom. The van der Waals surface area contributed by atoms with E-state index >= 15 is 0 Å². The van der Waals surface area contributed by atoms with Crippen LogP contribution >= 0.6 is 23.1 Å². The molecule has 4 nitrogen and oxygen atoms in total. The number of carbonyl (C=O) groups excluding carboxylic acids is 1. The molecule has 1 aromatic rings. The quantitative estimate of drug-likeness (QED) is 0.843. The van der Waals surface area contributed by atoms with Crippen LogP contribution in [0.5, 0.6) is 0 Å². The first-order chi connectivity index (χ1) is 8.81. The van der Waals surface area contributed by atoms with Gasteiger partial charge in [0.25, 0.3) is 0 Å². The van der Waals surface area contributed by atoms with Crippen molar-refractivity contribution in [2.24, 2.45) is 0 Å². The predicted molar refractivity (Wildman–Crippen MR) is 76.7 cm³/mol. The molecule has 0 bridgehead atoms. The summed E-state index contributed by atoms with van der Waals surface area (Å²) in [4.78, 5) is 15.7. The van der Waals surface area contributed by atoms with Gasteiger partial charge in [0.1, 0.15) is 5.00 Å². The van der Waals surface area contributed by atoms with E-state index in [1.165, 1.54) is 36.4 Å². The molecular formula is C12H18N2O2S2. The molecule has 0 spiro atoms. The minimum Gasteiger partial charge on any atom is -0.461 e. The summed E-state index contributed by atoms with van der Waals surface area (Å²) in [7, 11) is 0. The molecule has 1 N–H and O–H groups in total. The molecule has 0 aromatic carbocycles. The molecule has 6 heteroatoms. The summed E-state index contributed by atoms with van der Waals surface area (Å²) in [6.07, 6.45) is 3.90. The van der Waals surface area contributed by atoms with Gasteiger partial charge >= 0.3 is 5.97 Å². The Hall–Kier alpha value is -0.750. The van der Waals surface area contributed by atoms with Crippen LogP contribution in [-0.4, -0.2) is 35.1 Å². The number of hydrogen-bond donors (Lipinski definition) is 1. The molecule has 0 saturated carbocycles. The number of nitrogens with one attached hydrogen (secondary N) is 1. The number of aromatic nitrogens is 1. The van der Waals surface area contributed by atoms with Crippen molar-refractivity contribution < 1.29 is 9.53 Å². The smallest absolute Gasteiger partial charge is 0.360 e. The Labute approximate surface area is 116 Å². The van der Waals surface area contributed by atoms with Crippen LogP contribution in [0.2, 0.25) is 0 Å². The third-order valence-corrected chi connectivity index (χ3v) is 4.98. The minimum absolute atomic E-state index is 0.336. The third-order valence-electron chi connectivity index (χ3n) is 2.80. The number of rotatable bonds is 5. The van der Waals surface area contributed by atoms with Crippen molar-refractivity contribution in [1.29, 1.82) is 0 Å². The Bertz CT molecular complexity index is 389. The lowest BCUT2D eigenvalue weighted by Crippen LogP contribution is -2.20. The zero-order chi connectivity index (χ0) is 12.8. The van der Waals surface area contributed by atoms with Gasteiger partial charge in [0, 0.05) is 11.8 Å². The molecule has 2 heterocycles. The predicted octanol–water partition coefficient (Wildman–Crippen LogP) is 3.02. The first kappa shape index (κ1) is 13.7. The van der Waals surface area contributed by atoms with E-state index in [0.717, 1.165) is 11.5 Å². The van der Waals surface area contributed by atoms with E-state index in [1.54, 1.807) is 12.4 Å². The number of anilines is 1. The average molecular weight is 286 g/mol. The number of carbonyl (C=O) groups is 1. The monoisotopic (exact) mass is 286 g/mol. The second-order valence-corrected chi connectivity index (χ2v) is 6.38.